The van der Waals surface area contributed by atoms with Gasteiger partial charge in [0.05, 0.1) is 5.69 Å². The number of fused-ring (bicyclic) bond motifs is 1. The van der Waals surface area contributed by atoms with Crippen molar-refractivity contribution in [1.29, 1.82) is 0 Å². The molecular weight excluding hydrogens is 412 g/mol. The highest BCUT2D eigenvalue weighted by atomic mass is 16.6. The van der Waals surface area contributed by atoms with Gasteiger partial charge in [-0.2, -0.15) is 0 Å². The molecule has 3 rings (SSSR count). The summed E-state index contributed by atoms with van der Waals surface area (Å²) in [5.41, 5.74) is 2.09. The van der Waals surface area contributed by atoms with Crippen molar-refractivity contribution in [3.8, 4) is 5.75 Å². The Labute approximate surface area is 187 Å². The zero-order valence-corrected chi connectivity index (χ0v) is 18.7. The van der Waals surface area contributed by atoms with Crippen LogP contribution in [0.5, 0.6) is 5.75 Å². The normalized spacial score (nSPS) is 14.2. The highest BCUT2D eigenvalue weighted by Crippen LogP contribution is 2.36. The first-order valence-corrected chi connectivity index (χ1v) is 10.4. The fourth-order valence-electron chi connectivity index (χ4n) is 3.43. The molecule has 0 aromatic heterocycles. The van der Waals surface area contributed by atoms with Crippen molar-refractivity contribution in [2.45, 2.75) is 52.2 Å². The van der Waals surface area contributed by atoms with Crippen molar-refractivity contribution in [3.05, 3.63) is 53.6 Å². The first kappa shape index (κ1) is 23.1. The van der Waals surface area contributed by atoms with E-state index in [4.69, 9.17) is 9.47 Å². The second-order valence-corrected chi connectivity index (χ2v) is 8.74. The smallest absolute Gasteiger partial charge is 0.412 e. The fourth-order valence-corrected chi connectivity index (χ4v) is 3.43. The molecule has 0 fully saturated rings. The van der Waals surface area contributed by atoms with E-state index in [1.807, 2.05) is 31.2 Å². The quantitative estimate of drug-likeness (QED) is 0.699. The van der Waals surface area contributed by atoms with Gasteiger partial charge in [0.2, 0.25) is 0 Å². The number of ether oxygens (including phenoxy) is 2. The van der Waals surface area contributed by atoms with Gasteiger partial charge in [-0.25, -0.2) is 9.59 Å². The fraction of sp³-hybridized carbons (Fsp3) is 0.375. The largest absolute Gasteiger partial charge is 0.482 e. The van der Waals surface area contributed by atoms with E-state index >= 15 is 0 Å². The van der Waals surface area contributed by atoms with E-state index in [1.54, 1.807) is 32.9 Å². The van der Waals surface area contributed by atoms with Crippen LogP contribution in [0.1, 0.15) is 38.3 Å². The molecule has 2 amide bonds. The molecule has 0 spiro atoms. The number of carbonyl (C=O) groups excluding carboxylic acids is 2. The van der Waals surface area contributed by atoms with Crippen LogP contribution >= 0.6 is 0 Å². The molecule has 0 radical (unpaired) electrons. The highest BCUT2D eigenvalue weighted by molar-refractivity contribution is 6.03. The van der Waals surface area contributed by atoms with Crippen LogP contribution in [0.3, 0.4) is 0 Å². The van der Waals surface area contributed by atoms with Gasteiger partial charge in [0, 0.05) is 5.69 Å². The molecule has 0 saturated carbocycles. The SMILES string of the molecule is Cc1ccc(CCC(C(=O)O)N2C(=O)COc3ccc(NC(=O)OC(C)(C)C)cc32)cc1. The number of carboxylic acids is 1. The van der Waals surface area contributed by atoms with E-state index in [0.29, 0.717) is 23.5 Å². The molecule has 2 aromatic carbocycles. The van der Waals surface area contributed by atoms with Gasteiger partial charge in [-0.15, -0.1) is 0 Å². The standard InChI is InChI=1S/C24H28N2O6/c1-15-5-7-16(8-6-15)9-11-18(22(28)29)26-19-13-17(25-23(30)32-24(2,3)4)10-12-20(19)31-14-21(26)27/h5-8,10,12-13,18H,9,11,14H2,1-4H3,(H,25,30)(H,28,29). The van der Waals surface area contributed by atoms with E-state index in [-0.39, 0.29) is 13.0 Å². The summed E-state index contributed by atoms with van der Waals surface area (Å²) in [4.78, 5) is 38.2. The molecular formula is C24H28N2O6. The number of hydrogen-bond acceptors (Lipinski definition) is 5. The molecule has 32 heavy (non-hydrogen) atoms. The summed E-state index contributed by atoms with van der Waals surface area (Å²) in [6.45, 7) is 6.98. The summed E-state index contributed by atoms with van der Waals surface area (Å²) in [7, 11) is 0. The minimum Gasteiger partial charge on any atom is -0.482 e. The number of anilines is 2. The van der Waals surface area contributed by atoms with Crippen LogP contribution in [-0.2, 0) is 20.7 Å². The Balaban J connectivity index is 1.85. The Hall–Kier alpha value is -3.55. The van der Waals surface area contributed by atoms with Gasteiger partial charge >= 0.3 is 12.1 Å². The van der Waals surface area contributed by atoms with E-state index in [9.17, 15) is 19.5 Å². The second kappa shape index (κ2) is 9.30. The molecule has 1 aliphatic heterocycles. The van der Waals surface area contributed by atoms with Gasteiger partial charge in [-0.05, 0) is 64.3 Å². The maximum absolute atomic E-state index is 12.7. The van der Waals surface area contributed by atoms with E-state index < -0.39 is 29.6 Å². The third-order valence-corrected chi connectivity index (χ3v) is 4.91. The molecule has 2 N–H and O–H groups in total. The van der Waals surface area contributed by atoms with Crippen molar-refractivity contribution in [1.82, 2.24) is 0 Å². The Bertz CT molecular complexity index is 1010. The van der Waals surface area contributed by atoms with Gasteiger partial charge in [-0.3, -0.25) is 15.0 Å². The van der Waals surface area contributed by atoms with Crippen LogP contribution < -0.4 is 15.0 Å². The van der Waals surface area contributed by atoms with Gasteiger partial charge in [0.1, 0.15) is 17.4 Å². The molecule has 170 valence electrons. The van der Waals surface area contributed by atoms with Crippen LogP contribution in [-0.4, -0.2) is 41.3 Å². The first-order chi connectivity index (χ1) is 15.0. The van der Waals surface area contributed by atoms with Crippen molar-refractivity contribution in [2.24, 2.45) is 0 Å². The number of aryl methyl sites for hydroxylation is 2. The average molecular weight is 440 g/mol. The number of carbonyl (C=O) groups is 3. The molecule has 1 heterocycles. The minimum atomic E-state index is -1.11. The molecule has 2 aromatic rings. The Morgan fingerprint density at radius 2 is 1.88 bits per heavy atom. The lowest BCUT2D eigenvalue weighted by Crippen LogP contribution is -2.49. The summed E-state index contributed by atoms with van der Waals surface area (Å²) < 4.78 is 10.7. The number of nitrogens with one attached hydrogen (secondary N) is 1. The summed E-state index contributed by atoms with van der Waals surface area (Å²) in [5, 5.41) is 12.5. The third kappa shape index (κ3) is 5.78. The number of nitrogens with zero attached hydrogens (tertiary/aromatic N) is 1. The zero-order valence-electron chi connectivity index (χ0n) is 18.7. The van der Waals surface area contributed by atoms with E-state index in [2.05, 4.69) is 5.32 Å². The van der Waals surface area contributed by atoms with Crippen molar-refractivity contribution < 1.29 is 29.0 Å². The molecule has 0 saturated heterocycles. The minimum absolute atomic E-state index is 0.229. The summed E-state index contributed by atoms with van der Waals surface area (Å²) >= 11 is 0. The average Bonchev–Trinajstić information content (AvgIpc) is 2.69. The Morgan fingerprint density at radius 3 is 2.50 bits per heavy atom. The molecule has 1 atom stereocenters. The number of carboxylic acid groups (broad SMARTS) is 1. The maximum atomic E-state index is 12.7. The second-order valence-electron chi connectivity index (χ2n) is 8.74. The van der Waals surface area contributed by atoms with Crippen LogP contribution in [0, 0.1) is 6.92 Å². The molecule has 1 aliphatic rings. The van der Waals surface area contributed by atoms with Crippen molar-refractivity contribution in [2.75, 3.05) is 16.8 Å². The van der Waals surface area contributed by atoms with Crippen molar-refractivity contribution >= 4 is 29.3 Å². The van der Waals surface area contributed by atoms with E-state index in [0.717, 1.165) is 11.1 Å². The van der Waals surface area contributed by atoms with Gasteiger partial charge in [-0.1, -0.05) is 29.8 Å². The van der Waals surface area contributed by atoms with Crippen LogP contribution in [0.15, 0.2) is 42.5 Å². The van der Waals surface area contributed by atoms with Crippen LogP contribution in [0.2, 0.25) is 0 Å². The Morgan fingerprint density at radius 1 is 1.19 bits per heavy atom. The molecule has 8 heteroatoms. The number of rotatable bonds is 6. The van der Waals surface area contributed by atoms with E-state index in [1.165, 1.54) is 11.0 Å². The number of hydrogen-bond donors (Lipinski definition) is 2. The molecule has 0 aliphatic carbocycles. The third-order valence-electron chi connectivity index (χ3n) is 4.91. The Kier molecular flexibility index (Phi) is 6.72. The number of aliphatic carboxylic acids is 1. The highest BCUT2D eigenvalue weighted by Gasteiger charge is 2.36. The molecule has 0 bridgehead atoms. The lowest BCUT2D eigenvalue weighted by Gasteiger charge is -2.34. The lowest BCUT2D eigenvalue weighted by atomic mass is 10.0. The molecule has 1 unspecified atom stereocenters. The predicted molar refractivity (Wildman–Crippen MR) is 120 cm³/mol. The van der Waals surface area contributed by atoms with Crippen molar-refractivity contribution in [3.63, 3.8) is 0 Å². The first-order valence-electron chi connectivity index (χ1n) is 10.4. The summed E-state index contributed by atoms with van der Waals surface area (Å²) in [5.74, 6) is -1.19. The topological polar surface area (TPSA) is 105 Å². The summed E-state index contributed by atoms with van der Waals surface area (Å²) in [6.07, 6.45) is 0.0709. The zero-order chi connectivity index (χ0) is 23.5. The monoisotopic (exact) mass is 440 g/mol. The number of benzene rings is 2. The van der Waals surface area contributed by atoms with Gasteiger partial charge in [0.25, 0.3) is 5.91 Å². The molecule has 8 nitrogen and oxygen atoms in total. The number of amides is 2. The maximum Gasteiger partial charge on any atom is 0.412 e. The van der Waals surface area contributed by atoms with Gasteiger partial charge < -0.3 is 14.6 Å². The van der Waals surface area contributed by atoms with Gasteiger partial charge in [0.15, 0.2) is 6.61 Å². The summed E-state index contributed by atoms with van der Waals surface area (Å²) in [6, 6.07) is 11.5. The van der Waals surface area contributed by atoms with Crippen LogP contribution in [0.4, 0.5) is 16.2 Å². The van der Waals surface area contributed by atoms with Crippen LogP contribution in [0.25, 0.3) is 0 Å². The lowest BCUT2D eigenvalue weighted by molar-refractivity contribution is -0.140. The predicted octanol–water partition coefficient (Wildman–Crippen LogP) is 4.15.